The quantitative estimate of drug-likeness (QED) is 0.200. The molecular formula is C36H46FN3O5. The third-order valence-electron chi connectivity index (χ3n) is 9.18. The zero-order chi connectivity index (χ0) is 31.9. The second-order valence-electron chi connectivity index (χ2n) is 12.9. The Kier molecular flexibility index (Phi) is 10.6. The van der Waals surface area contributed by atoms with E-state index in [1.165, 1.54) is 18.0 Å². The van der Waals surface area contributed by atoms with Crippen molar-refractivity contribution in [2.75, 3.05) is 31.8 Å². The van der Waals surface area contributed by atoms with E-state index in [4.69, 9.17) is 18.9 Å². The van der Waals surface area contributed by atoms with Gasteiger partial charge in [-0.15, -0.1) is 0 Å². The Labute approximate surface area is 266 Å². The minimum Gasteiger partial charge on any atom is -0.497 e. The van der Waals surface area contributed by atoms with Crippen LogP contribution >= 0.6 is 0 Å². The number of hydrogen-bond donors (Lipinski definition) is 0. The van der Waals surface area contributed by atoms with Gasteiger partial charge in [0.05, 0.1) is 43.7 Å². The van der Waals surface area contributed by atoms with Gasteiger partial charge in [0.15, 0.2) is 5.82 Å². The number of carbonyl (C=O) groups is 1. The number of hydrogen-bond acceptors (Lipinski definition) is 8. The van der Waals surface area contributed by atoms with Gasteiger partial charge in [-0.3, -0.25) is 4.79 Å². The molecule has 2 aromatic carbocycles. The number of aromatic nitrogens is 2. The highest BCUT2D eigenvalue weighted by Crippen LogP contribution is 2.44. The number of benzene rings is 2. The standard InChI is InChI=1S/C36H46FN3O5/c1-5-43-33(41)27-8-14-32(15-9-27)45-31-12-6-26(7-13-31)24-40(34-38-22-29(37)23-39-34)20-18-36(19-21-44-35(2,3)25-36)28-10-16-30(42-4)17-11-28/h6-7,10-13,16-17,22-23,27,32H,5,8-9,14-15,18-21,24-25H2,1-4H3/t27-,32-,36?. The zero-order valence-corrected chi connectivity index (χ0v) is 27.0. The van der Waals surface area contributed by atoms with E-state index >= 15 is 0 Å². The van der Waals surface area contributed by atoms with Crippen LogP contribution in [-0.4, -0.2) is 54.5 Å². The van der Waals surface area contributed by atoms with Crippen molar-refractivity contribution in [1.82, 2.24) is 9.97 Å². The molecule has 3 aromatic rings. The lowest BCUT2D eigenvalue weighted by Crippen LogP contribution is -2.45. The van der Waals surface area contributed by atoms with Crippen LogP contribution in [0.2, 0.25) is 0 Å². The fourth-order valence-electron chi connectivity index (χ4n) is 6.86. The van der Waals surface area contributed by atoms with Crippen molar-refractivity contribution in [3.63, 3.8) is 0 Å². The molecule has 1 aliphatic carbocycles. The number of rotatable bonds is 12. The molecule has 5 rings (SSSR count). The molecule has 1 unspecified atom stereocenters. The van der Waals surface area contributed by atoms with Crippen molar-refractivity contribution >= 4 is 11.9 Å². The van der Waals surface area contributed by atoms with Crippen LogP contribution in [0.4, 0.5) is 10.3 Å². The first-order chi connectivity index (χ1) is 21.7. The van der Waals surface area contributed by atoms with E-state index in [0.29, 0.717) is 32.3 Å². The molecule has 0 bridgehead atoms. The van der Waals surface area contributed by atoms with E-state index in [2.05, 4.69) is 53.0 Å². The average molecular weight is 620 g/mol. The minimum atomic E-state index is -0.461. The largest absolute Gasteiger partial charge is 0.497 e. The summed E-state index contributed by atoms with van der Waals surface area (Å²) in [5, 5.41) is 0. The lowest BCUT2D eigenvalue weighted by atomic mass is 9.67. The predicted molar refractivity (Wildman–Crippen MR) is 171 cm³/mol. The van der Waals surface area contributed by atoms with E-state index in [1.54, 1.807) is 7.11 Å². The van der Waals surface area contributed by atoms with Crippen molar-refractivity contribution in [2.24, 2.45) is 5.92 Å². The Balaban J connectivity index is 1.28. The summed E-state index contributed by atoms with van der Waals surface area (Å²) in [4.78, 5) is 22.9. The number of carbonyl (C=O) groups excluding carboxylic acids is 1. The molecule has 0 N–H and O–H groups in total. The topological polar surface area (TPSA) is 83.0 Å². The number of methoxy groups -OCH3 is 1. The normalized spacial score (nSPS) is 22.8. The first kappa shape index (κ1) is 32.7. The van der Waals surface area contributed by atoms with Crippen molar-refractivity contribution in [2.45, 2.75) is 89.4 Å². The summed E-state index contributed by atoms with van der Waals surface area (Å²) in [6, 6.07) is 16.5. The fraction of sp³-hybridized carbons (Fsp3) is 0.528. The van der Waals surface area contributed by atoms with Gasteiger partial charge in [-0.2, -0.15) is 0 Å². The van der Waals surface area contributed by atoms with Crippen LogP contribution in [-0.2, 0) is 26.2 Å². The van der Waals surface area contributed by atoms with E-state index < -0.39 is 5.82 Å². The third-order valence-corrected chi connectivity index (χ3v) is 9.18. The van der Waals surface area contributed by atoms with Gasteiger partial charge < -0.3 is 23.8 Å². The zero-order valence-electron chi connectivity index (χ0n) is 27.0. The monoisotopic (exact) mass is 619 g/mol. The van der Waals surface area contributed by atoms with Gasteiger partial charge in [0.2, 0.25) is 5.95 Å². The summed E-state index contributed by atoms with van der Waals surface area (Å²) in [5.74, 6) is 1.56. The Bertz CT molecular complexity index is 1380. The summed E-state index contributed by atoms with van der Waals surface area (Å²) < 4.78 is 36.8. The molecule has 9 heteroatoms. The first-order valence-corrected chi connectivity index (χ1v) is 16.1. The Morgan fingerprint density at radius 3 is 2.29 bits per heavy atom. The van der Waals surface area contributed by atoms with Gasteiger partial charge in [0, 0.05) is 25.1 Å². The smallest absolute Gasteiger partial charge is 0.308 e. The molecule has 8 nitrogen and oxygen atoms in total. The molecule has 0 spiro atoms. The Morgan fingerprint density at radius 1 is 1.00 bits per heavy atom. The lowest BCUT2D eigenvalue weighted by molar-refractivity contribution is -0.149. The summed E-state index contributed by atoms with van der Waals surface area (Å²) in [6.45, 7) is 8.49. The molecule has 1 saturated carbocycles. The Morgan fingerprint density at radius 2 is 1.67 bits per heavy atom. The van der Waals surface area contributed by atoms with Crippen LogP contribution in [0.15, 0.2) is 60.9 Å². The van der Waals surface area contributed by atoms with E-state index in [1.807, 2.05) is 31.2 Å². The summed E-state index contributed by atoms with van der Waals surface area (Å²) in [5.41, 5.74) is 1.96. The highest BCUT2D eigenvalue weighted by molar-refractivity contribution is 5.72. The van der Waals surface area contributed by atoms with Crippen LogP contribution in [0.5, 0.6) is 11.5 Å². The predicted octanol–water partition coefficient (Wildman–Crippen LogP) is 7.05. The van der Waals surface area contributed by atoms with Crippen LogP contribution < -0.4 is 14.4 Å². The minimum absolute atomic E-state index is 0.0251. The molecule has 1 aromatic heterocycles. The van der Waals surface area contributed by atoms with Gasteiger partial charge in [0.25, 0.3) is 0 Å². The maximum Gasteiger partial charge on any atom is 0.308 e. The summed E-state index contributed by atoms with van der Waals surface area (Å²) in [7, 11) is 1.68. The molecule has 2 aliphatic rings. The number of ether oxygens (including phenoxy) is 4. The number of halogens is 1. The van der Waals surface area contributed by atoms with Crippen molar-refractivity contribution in [3.05, 3.63) is 77.9 Å². The molecule has 45 heavy (non-hydrogen) atoms. The summed E-state index contributed by atoms with van der Waals surface area (Å²) in [6.07, 6.45) is 8.39. The van der Waals surface area contributed by atoms with Crippen LogP contribution in [0, 0.1) is 11.7 Å². The Hall–Kier alpha value is -3.72. The number of anilines is 1. The third kappa shape index (κ3) is 8.51. The van der Waals surface area contributed by atoms with Crippen LogP contribution in [0.3, 0.4) is 0 Å². The highest BCUT2D eigenvalue weighted by Gasteiger charge is 2.42. The number of nitrogens with zero attached hydrogens (tertiary/aromatic N) is 3. The van der Waals surface area contributed by atoms with Gasteiger partial charge in [-0.25, -0.2) is 14.4 Å². The SMILES string of the molecule is CCOC(=O)[C@H]1CC[C@H](Oc2ccc(CN(CCC3(c4ccc(OC)cc4)CCOC(C)(C)C3)c3ncc(F)cn3)cc2)CC1. The van der Waals surface area contributed by atoms with Gasteiger partial charge in [-0.05, 0) is 101 Å². The molecule has 2 fully saturated rings. The molecule has 242 valence electrons. The molecule has 0 amide bonds. The molecule has 1 atom stereocenters. The van der Waals surface area contributed by atoms with E-state index in [0.717, 1.165) is 62.0 Å². The fourth-order valence-corrected chi connectivity index (χ4v) is 6.86. The van der Waals surface area contributed by atoms with Gasteiger partial charge in [0.1, 0.15) is 11.5 Å². The second kappa shape index (κ2) is 14.6. The maximum absolute atomic E-state index is 13.8. The first-order valence-electron chi connectivity index (χ1n) is 16.1. The summed E-state index contributed by atoms with van der Waals surface area (Å²) >= 11 is 0. The highest BCUT2D eigenvalue weighted by atomic mass is 19.1. The number of esters is 1. The lowest BCUT2D eigenvalue weighted by Gasteiger charge is -2.46. The van der Waals surface area contributed by atoms with Gasteiger partial charge >= 0.3 is 5.97 Å². The van der Waals surface area contributed by atoms with E-state index in [9.17, 15) is 9.18 Å². The molecule has 0 radical (unpaired) electrons. The molecule has 1 saturated heterocycles. The molecular weight excluding hydrogens is 573 g/mol. The maximum atomic E-state index is 13.8. The van der Waals surface area contributed by atoms with Gasteiger partial charge in [-0.1, -0.05) is 24.3 Å². The van der Waals surface area contributed by atoms with Crippen molar-refractivity contribution in [3.8, 4) is 11.5 Å². The van der Waals surface area contributed by atoms with Crippen LogP contribution in [0.1, 0.15) is 76.8 Å². The second-order valence-corrected chi connectivity index (χ2v) is 12.9. The molecule has 2 heterocycles. The average Bonchev–Trinajstić information content (AvgIpc) is 3.04. The van der Waals surface area contributed by atoms with E-state index in [-0.39, 0.29) is 29.0 Å². The molecule has 1 aliphatic heterocycles. The van der Waals surface area contributed by atoms with Crippen molar-refractivity contribution in [1.29, 1.82) is 0 Å². The van der Waals surface area contributed by atoms with Crippen molar-refractivity contribution < 1.29 is 28.1 Å². The van der Waals surface area contributed by atoms with Crippen LogP contribution in [0.25, 0.3) is 0 Å².